The molecule has 1 amide bonds. The minimum absolute atomic E-state index is 0.0238. The standard InChI is InChI=1S/C23H28N6O2S/c1-15-8-6-9-16(2)21(15)28-20(30)12-7-13-32-14-19-26-22(24)29-23(27-19)25-17-10-4-5-11-18(17)31-3/h4-6,8-11H,7,12-14H2,1-3H3,(H,28,30)(H3,24,25,26,27,29). The summed E-state index contributed by atoms with van der Waals surface area (Å²) in [6.45, 7) is 3.99. The third-order valence-corrected chi connectivity index (χ3v) is 5.76. The molecule has 0 aliphatic carbocycles. The molecule has 0 fully saturated rings. The van der Waals surface area contributed by atoms with Gasteiger partial charge in [-0.3, -0.25) is 4.79 Å². The summed E-state index contributed by atoms with van der Waals surface area (Å²) in [5, 5.41) is 6.14. The van der Waals surface area contributed by atoms with E-state index in [1.807, 2.05) is 56.3 Å². The number of carbonyl (C=O) groups excluding carboxylic acids is 1. The number of aryl methyl sites for hydroxylation is 2. The second-order valence-electron chi connectivity index (χ2n) is 7.23. The van der Waals surface area contributed by atoms with Crippen LogP contribution in [0.5, 0.6) is 5.75 Å². The summed E-state index contributed by atoms with van der Waals surface area (Å²) >= 11 is 1.65. The Labute approximate surface area is 192 Å². The molecule has 0 bridgehead atoms. The molecule has 4 N–H and O–H groups in total. The van der Waals surface area contributed by atoms with Gasteiger partial charge in [0.15, 0.2) is 0 Å². The number of aromatic nitrogens is 3. The van der Waals surface area contributed by atoms with Crippen molar-refractivity contribution in [2.75, 3.05) is 29.2 Å². The average Bonchev–Trinajstić information content (AvgIpc) is 2.76. The summed E-state index contributed by atoms with van der Waals surface area (Å²) in [5.41, 5.74) is 9.64. The van der Waals surface area contributed by atoms with Crippen molar-refractivity contribution in [2.45, 2.75) is 32.4 Å². The van der Waals surface area contributed by atoms with E-state index < -0.39 is 0 Å². The first-order valence-electron chi connectivity index (χ1n) is 10.3. The van der Waals surface area contributed by atoms with E-state index in [2.05, 4.69) is 25.6 Å². The molecule has 3 aromatic rings. The Morgan fingerprint density at radius 3 is 2.56 bits per heavy atom. The molecule has 0 atom stereocenters. The maximum Gasteiger partial charge on any atom is 0.232 e. The molecule has 0 radical (unpaired) electrons. The van der Waals surface area contributed by atoms with Crippen LogP contribution in [-0.2, 0) is 10.5 Å². The fourth-order valence-electron chi connectivity index (χ4n) is 3.14. The van der Waals surface area contributed by atoms with Gasteiger partial charge in [0.1, 0.15) is 11.6 Å². The van der Waals surface area contributed by atoms with Crippen LogP contribution < -0.4 is 21.1 Å². The second-order valence-corrected chi connectivity index (χ2v) is 8.34. The number of ether oxygens (including phenoxy) is 1. The minimum Gasteiger partial charge on any atom is -0.495 e. The van der Waals surface area contributed by atoms with Crippen LogP contribution in [0.1, 0.15) is 29.8 Å². The third kappa shape index (κ3) is 6.58. The van der Waals surface area contributed by atoms with Crippen molar-refractivity contribution in [2.24, 2.45) is 0 Å². The monoisotopic (exact) mass is 452 g/mol. The number of nitrogens with one attached hydrogen (secondary N) is 2. The number of methoxy groups -OCH3 is 1. The van der Waals surface area contributed by atoms with E-state index in [0.29, 0.717) is 29.7 Å². The van der Waals surface area contributed by atoms with Crippen LogP contribution in [0.25, 0.3) is 0 Å². The van der Waals surface area contributed by atoms with Gasteiger partial charge in [-0.05, 0) is 49.3 Å². The highest BCUT2D eigenvalue weighted by Crippen LogP contribution is 2.26. The van der Waals surface area contributed by atoms with Crippen molar-refractivity contribution < 1.29 is 9.53 Å². The Balaban J connectivity index is 1.47. The van der Waals surface area contributed by atoms with E-state index in [4.69, 9.17) is 10.5 Å². The quantitative estimate of drug-likeness (QED) is 0.386. The molecule has 3 rings (SSSR count). The summed E-state index contributed by atoms with van der Waals surface area (Å²) < 4.78 is 5.34. The fourth-order valence-corrected chi connectivity index (χ4v) is 3.94. The molecule has 0 saturated carbocycles. The van der Waals surface area contributed by atoms with Gasteiger partial charge in [-0.2, -0.15) is 26.7 Å². The molecule has 0 spiro atoms. The number of nitrogen functional groups attached to an aromatic ring is 1. The van der Waals surface area contributed by atoms with Crippen molar-refractivity contribution in [3.63, 3.8) is 0 Å². The molecule has 9 heteroatoms. The zero-order valence-electron chi connectivity index (χ0n) is 18.5. The van der Waals surface area contributed by atoms with E-state index in [0.717, 1.165) is 34.7 Å². The second kappa shape index (κ2) is 11.3. The lowest BCUT2D eigenvalue weighted by Crippen LogP contribution is -2.13. The van der Waals surface area contributed by atoms with Gasteiger partial charge in [0, 0.05) is 12.1 Å². The Bertz CT molecular complexity index is 1060. The number of nitrogens with two attached hydrogens (primary N) is 1. The summed E-state index contributed by atoms with van der Waals surface area (Å²) in [6.07, 6.45) is 1.22. The van der Waals surface area contributed by atoms with E-state index in [1.54, 1.807) is 18.9 Å². The maximum atomic E-state index is 12.3. The predicted molar refractivity (Wildman–Crippen MR) is 130 cm³/mol. The number of hydrogen-bond donors (Lipinski definition) is 3. The summed E-state index contributed by atoms with van der Waals surface area (Å²) in [5.74, 6) is 3.19. The average molecular weight is 453 g/mol. The highest BCUT2D eigenvalue weighted by molar-refractivity contribution is 7.98. The Morgan fingerprint density at radius 1 is 1.06 bits per heavy atom. The number of rotatable bonds is 10. The number of thioether (sulfide) groups is 1. The van der Waals surface area contributed by atoms with Crippen LogP contribution in [0.3, 0.4) is 0 Å². The molecule has 1 aromatic heterocycles. The number of nitrogens with zero attached hydrogens (tertiary/aromatic N) is 3. The van der Waals surface area contributed by atoms with Gasteiger partial charge >= 0.3 is 0 Å². The zero-order valence-corrected chi connectivity index (χ0v) is 19.3. The largest absolute Gasteiger partial charge is 0.495 e. The molecule has 0 aliphatic heterocycles. The molecule has 0 unspecified atom stereocenters. The van der Waals surface area contributed by atoms with Crippen molar-refractivity contribution in [3.8, 4) is 5.75 Å². The molecule has 2 aromatic carbocycles. The van der Waals surface area contributed by atoms with Gasteiger partial charge in [0.25, 0.3) is 0 Å². The first-order chi connectivity index (χ1) is 15.5. The lowest BCUT2D eigenvalue weighted by atomic mass is 10.1. The number of anilines is 4. The van der Waals surface area contributed by atoms with E-state index in [1.165, 1.54) is 0 Å². The van der Waals surface area contributed by atoms with Crippen LogP contribution in [0.4, 0.5) is 23.3 Å². The Kier molecular flexibility index (Phi) is 8.27. The molecular formula is C23H28N6O2S. The fraction of sp³-hybridized carbons (Fsp3) is 0.304. The van der Waals surface area contributed by atoms with E-state index in [9.17, 15) is 4.79 Å². The van der Waals surface area contributed by atoms with Crippen LogP contribution in [0.2, 0.25) is 0 Å². The highest BCUT2D eigenvalue weighted by atomic mass is 32.2. The third-order valence-electron chi connectivity index (χ3n) is 4.72. The van der Waals surface area contributed by atoms with Crippen molar-refractivity contribution in [3.05, 3.63) is 59.4 Å². The molecule has 0 aliphatic rings. The Morgan fingerprint density at radius 2 is 1.81 bits per heavy atom. The number of amides is 1. The topological polar surface area (TPSA) is 115 Å². The number of para-hydroxylation sites is 3. The zero-order chi connectivity index (χ0) is 22.9. The van der Waals surface area contributed by atoms with Crippen LogP contribution in [0.15, 0.2) is 42.5 Å². The first-order valence-corrected chi connectivity index (χ1v) is 11.5. The molecule has 1 heterocycles. The van der Waals surface area contributed by atoms with E-state index >= 15 is 0 Å². The highest BCUT2D eigenvalue weighted by Gasteiger charge is 2.09. The van der Waals surface area contributed by atoms with Crippen molar-refractivity contribution >= 4 is 40.9 Å². The molecule has 0 saturated heterocycles. The van der Waals surface area contributed by atoms with Crippen LogP contribution in [0, 0.1) is 13.8 Å². The summed E-state index contributed by atoms with van der Waals surface area (Å²) in [4.78, 5) is 25.1. The van der Waals surface area contributed by atoms with Gasteiger partial charge in [-0.25, -0.2) is 0 Å². The van der Waals surface area contributed by atoms with Gasteiger partial charge < -0.3 is 21.1 Å². The lowest BCUT2D eigenvalue weighted by Gasteiger charge is -2.11. The van der Waals surface area contributed by atoms with Gasteiger partial charge in [0.05, 0.1) is 18.6 Å². The first kappa shape index (κ1) is 23.3. The van der Waals surface area contributed by atoms with Gasteiger partial charge in [-0.1, -0.05) is 30.3 Å². The van der Waals surface area contributed by atoms with Crippen LogP contribution >= 0.6 is 11.8 Å². The van der Waals surface area contributed by atoms with Crippen molar-refractivity contribution in [1.82, 2.24) is 15.0 Å². The number of hydrogen-bond acceptors (Lipinski definition) is 8. The number of benzene rings is 2. The smallest absolute Gasteiger partial charge is 0.232 e. The Hall–Kier alpha value is -3.33. The van der Waals surface area contributed by atoms with Gasteiger partial charge in [-0.15, -0.1) is 0 Å². The van der Waals surface area contributed by atoms with Crippen molar-refractivity contribution in [1.29, 1.82) is 0 Å². The van der Waals surface area contributed by atoms with Crippen LogP contribution in [-0.4, -0.2) is 33.7 Å². The lowest BCUT2D eigenvalue weighted by molar-refractivity contribution is -0.116. The van der Waals surface area contributed by atoms with Gasteiger partial charge in [0.2, 0.25) is 17.8 Å². The summed E-state index contributed by atoms with van der Waals surface area (Å²) in [6, 6.07) is 13.5. The normalized spacial score (nSPS) is 10.6. The summed E-state index contributed by atoms with van der Waals surface area (Å²) in [7, 11) is 1.60. The maximum absolute atomic E-state index is 12.3. The molecular weight excluding hydrogens is 424 g/mol. The molecule has 8 nitrogen and oxygen atoms in total. The molecule has 32 heavy (non-hydrogen) atoms. The predicted octanol–water partition coefficient (Wildman–Crippen LogP) is 4.47. The van der Waals surface area contributed by atoms with E-state index in [-0.39, 0.29) is 11.9 Å². The minimum atomic E-state index is 0.0238. The molecule has 168 valence electrons. The number of carbonyl (C=O) groups is 1. The SMILES string of the molecule is COc1ccccc1Nc1nc(N)nc(CSCCCC(=O)Nc2c(C)cccc2C)n1.